The monoisotopic (exact) mass is 896 g/mol. The van der Waals surface area contributed by atoms with Crippen LogP contribution < -0.4 is 0 Å². The SMILES string of the molecule is COC1CC(C[C@H]2C3CCCN4C(=O)C(=O)C5(O)O[C@H](CC/C(C)=C/C=C/C=C/[C@@H](C)CC(C)C(=O)[C@H](OC)C(O)/C(C)=C/[C@@H](C)C(=O)C[C@@H]2OC(=O)C34)CCC5C)CC[C@H]1OC=O. The third kappa shape index (κ3) is 12.1. The fourth-order valence-corrected chi connectivity index (χ4v) is 10.8. The Bertz CT molecular complexity index is 1800. The van der Waals surface area contributed by atoms with Gasteiger partial charge in [-0.1, -0.05) is 69.7 Å². The minimum Gasteiger partial charge on any atom is -0.462 e. The summed E-state index contributed by atoms with van der Waals surface area (Å²) in [5, 5.41) is 23.3. The maximum Gasteiger partial charge on any atom is 0.329 e. The average molecular weight is 896 g/mol. The Labute approximate surface area is 379 Å². The van der Waals surface area contributed by atoms with Gasteiger partial charge in [-0.25, -0.2) is 4.79 Å². The first-order chi connectivity index (χ1) is 30.4. The fraction of sp³-hybridized carbons (Fsp3) is 0.720. The van der Waals surface area contributed by atoms with Crippen LogP contribution in [0.25, 0.3) is 0 Å². The average Bonchev–Trinajstić information content (AvgIpc) is 3.27. The number of rotatable bonds is 6. The number of ether oxygens (including phenoxy) is 5. The van der Waals surface area contributed by atoms with Crippen LogP contribution in [0, 0.1) is 41.4 Å². The largest absolute Gasteiger partial charge is 0.462 e. The van der Waals surface area contributed by atoms with Gasteiger partial charge in [-0.2, -0.15) is 0 Å². The highest BCUT2D eigenvalue weighted by atomic mass is 16.6. The van der Waals surface area contributed by atoms with Crippen molar-refractivity contribution in [3.05, 3.63) is 47.6 Å². The first-order valence-corrected chi connectivity index (χ1v) is 23.5. The van der Waals surface area contributed by atoms with Gasteiger partial charge in [0, 0.05) is 50.9 Å². The minimum absolute atomic E-state index is 0.0332. The molecule has 4 fully saturated rings. The van der Waals surface area contributed by atoms with Crippen LogP contribution in [-0.2, 0) is 52.5 Å². The van der Waals surface area contributed by atoms with Crippen LogP contribution in [0.5, 0.6) is 0 Å². The van der Waals surface area contributed by atoms with Gasteiger partial charge in [0.1, 0.15) is 36.2 Å². The molecule has 14 heteroatoms. The summed E-state index contributed by atoms with van der Waals surface area (Å²) >= 11 is 0. The first kappa shape index (κ1) is 51.2. The van der Waals surface area contributed by atoms with Crippen LogP contribution in [-0.4, -0.2) is 120 Å². The molecule has 14 nitrogen and oxygen atoms in total. The van der Waals surface area contributed by atoms with Crippen molar-refractivity contribution in [1.29, 1.82) is 0 Å². The number of amides is 1. The number of aliphatic hydroxyl groups excluding tert-OH is 1. The van der Waals surface area contributed by atoms with E-state index in [0.29, 0.717) is 82.7 Å². The van der Waals surface area contributed by atoms with Crippen molar-refractivity contribution in [2.75, 3.05) is 20.8 Å². The quantitative estimate of drug-likeness (QED) is 0.138. The molecule has 64 heavy (non-hydrogen) atoms. The van der Waals surface area contributed by atoms with E-state index in [1.165, 1.54) is 12.0 Å². The number of hydrogen-bond donors (Lipinski definition) is 2. The molecular weight excluding hydrogens is 823 g/mol. The molecule has 0 aromatic heterocycles. The van der Waals surface area contributed by atoms with Gasteiger partial charge in [-0.15, -0.1) is 0 Å². The predicted molar refractivity (Wildman–Crippen MR) is 237 cm³/mol. The number of hydrogen-bond acceptors (Lipinski definition) is 13. The smallest absolute Gasteiger partial charge is 0.329 e. The summed E-state index contributed by atoms with van der Waals surface area (Å²) in [6.07, 6.45) is 12.7. The third-order valence-corrected chi connectivity index (χ3v) is 14.7. The molecule has 1 amide bonds. The van der Waals surface area contributed by atoms with Crippen molar-refractivity contribution >= 4 is 35.7 Å². The van der Waals surface area contributed by atoms with E-state index in [-0.39, 0.29) is 42.5 Å². The van der Waals surface area contributed by atoms with Crippen molar-refractivity contribution in [3.63, 3.8) is 0 Å². The Kier molecular flexibility index (Phi) is 18.4. The fourth-order valence-electron chi connectivity index (χ4n) is 10.8. The lowest BCUT2D eigenvalue weighted by Crippen LogP contribution is -2.65. The van der Waals surface area contributed by atoms with E-state index in [4.69, 9.17) is 23.7 Å². The summed E-state index contributed by atoms with van der Waals surface area (Å²) in [5.74, 6) is -8.30. The number of piperidine rings is 1. The molecule has 3 saturated heterocycles. The van der Waals surface area contributed by atoms with Crippen LogP contribution in [0.3, 0.4) is 0 Å². The van der Waals surface area contributed by atoms with E-state index in [2.05, 4.69) is 0 Å². The zero-order valence-corrected chi connectivity index (χ0v) is 39.1. The number of carbonyl (C=O) groups is 6. The molecule has 5 aliphatic rings. The zero-order valence-electron chi connectivity index (χ0n) is 39.1. The van der Waals surface area contributed by atoms with E-state index in [1.807, 2.05) is 51.2 Å². The maximum atomic E-state index is 14.4. The van der Waals surface area contributed by atoms with Gasteiger partial charge in [0.25, 0.3) is 18.2 Å². The van der Waals surface area contributed by atoms with Crippen molar-refractivity contribution < 1.29 is 62.7 Å². The van der Waals surface area contributed by atoms with Gasteiger partial charge < -0.3 is 38.8 Å². The molecule has 0 spiro atoms. The predicted octanol–water partition coefficient (Wildman–Crippen LogP) is 5.96. The van der Waals surface area contributed by atoms with Gasteiger partial charge in [0.15, 0.2) is 5.78 Å². The van der Waals surface area contributed by atoms with Crippen LogP contribution in [0.1, 0.15) is 119 Å². The van der Waals surface area contributed by atoms with Crippen LogP contribution in [0.4, 0.5) is 0 Å². The Morgan fingerprint density at radius 3 is 2.36 bits per heavy atom. The van der Waals surface area contributed by atoms with Crippen molar-refractivity contribution in [1.82, 2.24) is 4.90 Å². The maximum absolute atomic E-state index is 14.4. The van der Waals surface area contributed by atoms with Gasteiger partial charge in [0.05, 0.1) is 12.2 Å². The number of esters is 1. The van der Waals surface area contributed by atoms with Crippen LogP contribution in [0.2, 0.25) is 0 Å². The minimum atomic E-state index is -2.38. The van der Waals surface area contributed by atoms with Crippen molar-refractivity contribution in [2.45, 2.75) is 167 Å². The molecule has 4 bridgehead atoms. The number of methoxy groups -OCH3 is 2. The third-order valence-electron chi connectivity index (χ3n) is 14.7. The van der Waals surface area contributed by atoms with E-state index in [9.17, 15) is 39.0 Å². The Morgan fingerprint density at radius 2 is 1.66 bits per heavy atom. The summed E-state index contributed by atoms with van der Waals surface area (Å²) in [7, 11) is 2.95. The molecular formula is C50H73NO13. The van der Waals surface area contributed by atoms with Gasteiger partial charge >= 0.3 is 5.97 Å². The lowest BCUT2D eigenvalue weighted by molar-refractivity contribution is -0.263. The molecule has 15 atom stereocenters. The Balaban J connectivity index is 1.49. The molecule has 356 valence electrons. The number of fused-ring (bicyclic) bond motifs is 4. The highest BCUT2D eigenvalue weighted by Crippen LogP contribution is 2.45. The highest BCUT2D eigenvalue weighted by Gasteiger charge is 2.57. The lowest BCUT2D eigenvalue weighted by Gasteiger charge is -2.50. The molecule has 1 saturated carbocycles. The molecule has 4 aliphatic heterocycles. The molecule has 8 unspecified atom stereocenters. The van der Waals surface area contributed by atoms with E-state index < -0.39 is 89.6 Å². The van der Waals surface area contributed by atoms with E-state index in [0.717, 1.165) is 5.57 Å². The summed E-state index contributed by atoms with van der Waals surface area (Å²) in [4.78, 5) is 83.2. The van der Waals surface area contributed by atoms with E-state index in [1.54, 1.807) is 34.0 Å². The summed E-state index contributed by atoms with van der Waals surface area (Å²) < 4.78 is 29.0. The standard InChI is InChI=1S/C50H73NO13/c1-29-13-10-9-11-14-30(2)23-32(4)44(54)46(61-8)45(55)33(5)24-31(3)39(53)27-41-38(25-35-18-21-40(62-28-52)42(26-35)60-7)37-15-12-22-51(43(37)49(58)63-41)48(57)47(56)50(59)34(6)17-20-36(64-50)19-16-29/h9-11,13-14,24,28,30-32,34-38,40-43,45-46,55,59H,12,15-23,25-27H2,1-8H3/b10-9+,14-11+,29-13+,33-24+/t30-,31-,32?,34?,35?,36-,37?,38+,40-,41+,42?,43?,45?,46+,50?/m1/s1. The molecule has 0 aromatic carbocycles. The normalized spacial score (nSPS) is 41.8. The van der Waals surface area contributed by atoms with Crippen molar-refractivity contribution in [2.24, 2.45) is 41.4 Å². The molecule has 5 rings (SSSR count). The first-order valence-electron chi connectivity index (χ1n) is 23.5. The summed E-state index contributed by atoms with van der Waals surface area (Å²) in [6.45, 7) is 11.4. The molecule has 4 heterocycles. The Morgan fingerprint density at radius 1 is 0.906 bits per heavy atom. The van der Waals surface area contributed by atoms with Crippen LogP contribution in [0.15, 0.2) is 47.6 Å². The number of carbonyl (C=O) groups excluding carboxylic acids is 6. The summed E-state index contributed by atoms with van der Waals surface area (Å²) in [5.41, 5.74) is 1.45. The number of nitrogens with zero attached hydrogens (tertiary/aromatic N) is 1. The second-order valence-corrected chi connectivity index (χ2v) is 19.4. The Hall–Kier alpha value is -3.82. The van der Waals surface area contributed by atoms with Gasteiger partial charge in [0.2, 0.25) is 5.79 Å². The van der Waals surface area contributed by atoms with E-state index >= 15 is 0 Å². The van der Waals surface area contributed by atoms with Crippen LogP contribution >= 0.6 is 0 Å². The number of ketones is 3. The molecule has 1 aliphatic carbocycles. The molecule has 0 radical (unpaired) electrons. The van der Waals surface area contributed by atoms with Gasteiger partial charge in [-0.05, 0) is 108 Å². The second-order valence-electron chi connectivity index (χ2n) is 19.4. The zero-order chi connectivity index (χ0) is 46.9. The van der Waals surface area contributed by atoms with Gasteiger partial charge in [-0.3, -0.25) is 24.0 Å². The number of Topliss-reactive ketones (excluding diaryl/α,β-unsaturated/α-hetero) is 3. The molecule has 0 aromatic rings. The lowest BCUT2D eigenvalue weighted by atomic mass is 9.68. The summed E-state index contributed by atoms with van der Waals surface area (Å²) in [6, 6.07) is -1.12. The number of allylic oxidation sites excluding steroid dienone is 7. The second kappa shape index (κ2) is 23.1. The number of aliphatic hydroxyl groups is 2. The van der Waals surface area contributed by atoms with Crippen molar-refractivity contribution in [3.8, 4) is 0 Å². The molecule has 2 N–H and O–H groups in total. The topological polar surface area (TPSA) is 192 Å². The highest BCUT2D eigenvalue weighted by molar-refractivity contribution is 6.39.